The van der Waals surface area contributed by atoms with E-state index in [9.17, 15) is 4.79 Å². The molecule has 1 aliphatic heterocycles. The molecule has 3 aromatic carbocycles. The first-order valence-corrected chi connectivity index (χ1v) is 12.5. The zero-order valence-electron chi connectivity index (χ0n) is 20.5. The second kappa shape index (κ2) is 12.4. The number of hydrogen-bond acceptors (Lipinski definition) is 3. The first-order chi connectivity index (χ1) is 17.1. The lowest BCUT2D eigenvalue weighted by atomic mass is 9.89. The van der Waals surface area contributed by atoms with Gasteiger partial charge in [0, 0.05) is 12.5 Å². The second-order valence-electron chi connectivity index (χ2n) is 9.37. The minimum atomic E-state index is -0.798. The second-order valence-corrected chi connectivity index (χ2v) is 9.37. The van der Waals surface area contributed by atoms with E-state index in [1.807, 2.05) is 43.3 Å². The molecule has 35 heavy (non-hydrogen) atoms. The van der Waals surface area contributed by atoms with Gasteiger partial charge in [-0.2, -0.15) is 0 Å². The minimum absolute atomic E-state index is 0.0852. The number of piperidine rings is 1. The summed E-state index contributed by atoms with van der Waals surface area (Å²) >= 11 is 0. The molecule has 3 aromatic rings. The highest BCUT2D eigenvalue weighted by atomic mass is 16.5. The van der Waals surface area contributed by atoms with E-state index in [-0.39, 0.29) is 12.3 Å². The van der Waals surface area contributed by atoms with Gasteiger partial charge in [0.15, 0.2) is 0 Å². The summed E-state index contributed by atoms with van der Waals surface area (Å²) in [5.74, 6) is 0.553. The Morgan fingerprint density at radius 1 is 0.971 bits per heavy atom. The van der Waals surface area contributed by atoms with E-state index in [2.05, 4.69) is 59.5 Å². The zero-order valence-corrected chi connectivity index (χ0v) is 20.5. The van der Waals surface area contributed by atoms with Gasteiger partial charge in [-0.05, 0) is 73.2 Å². The molecule has 182 valence electrons. The Labute approximate surface area is 208 Å². The largest absolute Gasteiger partial charge is 0.489 e. The summed E-state index contributed by atoms with van der Waals surface area (Å²) in [6, 6.07) is 27.3. The van der Waals surface area contributed by atoms with Crippen LogP contribution in [0.4, 0.5) is 0 Å². The molecule has 0 aliphatic carbocycles. The number of likely N-dealkylation sites (tertiary alicyclic amines) is 1. The van der Waals surface area contributed by atoms with E-state index >= 15 is 0 Å². The predicted molar refractivity (Wildman–Crippen MR) is 141 cm³/mol. The van der Waals surface area contributed by atoms with Crippen molar-refractivity contribution in [3.63, 3.8) is 0 Å². The smallest absolute Gasteiger partial charge is 0.304 e. The summed E-state index contributed by atoms with van der Waals surface area (Å²) in [5.41, 5.74) is 4.93. The Morgan fingerprint density at radius 2 is 1.63 bits per heavy atom. The van der Waals surface area contributed by atoms with Crippen LogP contribution in [0.5, 0.6) is 5.75 Å². The van der Waals surface area contributed by atoms with Crippen molar-refractivity contribution in [3.8, 4) is 5.75 Å². The fraction of sp³-hybridized carbons (Fsp3) is 0.323. The fourth-order valence-corrected chi connectivity index (χ4v) is 4.84. The summed E-state index contributed by atoms with van der Waals surface area (Å²) in [6.07, 6.45) is 6.36. The SMILES string of the molecule is CC=CC(CC(=O)O)c1ccc(OCc2ccc(CN3CCC(c4ccccc4)CC3)cc2)cc1. The van der Waals surface area contributed by atoms with Crippen LogP contribution >= 0.6 is 0 Å². The van der Waals surface area contributed by atoms with Crippen LogP contribution in [0.3, 0.4) is 0 Å². The first-order valence-electron chi connectivity index (χ1n) is 12.5. The van der Waals surface area contributed by atoms with Gasteiger partial charge in [0.05, 0.1) is 6.42 Å². The molecule has 0 radical (unpaired) electrons. The quantitative estimate of drug-likeness (QED) is 0.333. The fourth-order valence-electron chi connectivity index (χ4n) is 4.84. The molecule has 4 heteroatoms. The lowest BCUT2D eigenvalue weighted by Gasteiger charge is -2.32. The van der Waals surface area contributed by atoms with Crippen LogP contribution in [0.25, 0.3) is 0 Å². The maximum atomic E-state index is 11.1. The van der Waals surface area contributed by atoms with Crippen molar-refractivity contribution in [2.45, 2.75) is 51.2 Å². The Balaban J connectivity index is 1.24. The summed E-state index contributed by atoms with van der Waals surface area (Å²) in [7, 11) is 0. The van der Waals surface area contributed by atoms with Crippen molar-refractivity contribution >= 4 is 5.97 Å². The third-order valence-corrected chi connectivity index (χ3v) is 6.82. The average Bonchev–Trinajstić information content (AvgIpc) is 2.89. The van der Waals surface area contributed by atoms with Crippen LogP contribution in [-0.2, 0) is 17.9 Å². The molecule has 1 atom stereocenters. The van der Waals surface area contributed by atoms with Gasteiger partial charge in [-0.15, -0.1) is 0 Å². The number of allylic oxidation sites excluding steroid dienone is 2. The van der Waals surface area contributed by atoms with Gasteiger partial charge in [-0.1, -0.05) is 78.9 Å². The molecule has 0 amide bonds. The zero-order chi connectivity index (χ0) is 24.5. The van der Waals surface area contributed by atoms with Gasteiger partial charge in [-0.3, -0.25) is 9.69 Å². The van der Waals surface area contributed by atoms with Crippen LogP contribution in [0.1, 0.15) is 60.3 Å². The molecule has 1 heterocycles. The van der Waals surface area contributed by atoms with E-state index < -0.39 is 5.97 Å². The number of benzene rings is 3. The Bertz CT molecular complexity index is 1080. The standard InChI is InChI=1S/C31H35NO3/c1-2-6-29(21-31(33)34)27-13-15-30(16-14-27)35-23-25-11-9-24(10-12-25)22-32-19-17-28(18-20-32)26-7-4-3-5-8-26/h2-16,28-29H,17-23H2,1H3,(H,33,34). The van der Waals surface area contributed by atoms with Crippen molar-refractivity contribution in [2.24, 2.45) is 0 Å². The summed E-state index contributed by atoms with van der Waals surface area (Å²) in [6.45, 7) is 5.69. The van der Waals surface area contributed by atoms with E-state index in [1.54, 1.807) is 0 Å². The molecular formula is C31H35NO3. The van der Waals surface area contributed by atoms with Crippen molar-refractivity contribution in [2.75, 3.05) is 13.1 Å². The molecule has 0 bridgehead atoms. The summed E-state index contributed by atoms with van der Waals surface area (Å²) in [4.78, 5) is 13.7. The number of ether oxygens (including phenoxy) is 1. The number of carboxylic acids is 1. The number of hydrogen-bond donors (Lipinski definition) is 1. The number of carbonyl (C=O) groups is 1. The van der Waals surface area contributed by atoms with Gasteiger partial charge in [0.25, 0.3) is 0 Å². The van der Waals surface area contributed by atoms with Crippen LogP contribution < -0.4 is 4.74 Å². The molecule has 1 N–H and O–H groups in total. The van der Waals surface area contributed by atoms with Crippen molar-refractivity contribution in [1.29, 1.82) is 0 Å². The normalized spacial score (nSPS) is 15.8. The number of carboxylic acid groups (broad SMARTS) is 1. The van der Waals surface area contributed by atoms with Gasteiger partial charge in [-0.25, -0.2) is 0 Å². The van der Waals surface area contributed by atoms with Gasteiger partial charge >= 0.3 is 5.97 Å². The van der Waals surface area contributed by atoms with E-state index in [0.717, 1.165) is 36.5 Å². The molecule has 0 spiro atoms. The highest BCUT2D eigenvalue weighted by Gasteiger charge is 2.20. The Hall–Kier alpha value is -3.37. The Kier molecular flexibility index (Phi) is 8.74. The molecule has 1 unspecified atom stereocenters. The van der Waals surface area contributed by atoms with Crippen molar-refractivity contribution in [1.82, 2.24) is 4.90 Å². The lowest BCUT2D eigenvalue weighted by molar-refractivity contribution is -0.137. The summed E-state index contributed by atoms with van der Waals surface area (Å²) < 4.78 is 5.97. The molecule has 1 aliphatic rings. The number of aliphatic carboxylic acids is 1. The van der Waals surface area contributed by atoms with Crippen LogP contribution in [0, 0.1) is 0 Å². The van der Waals surface area contributed by atoms with Crippen LogP contribution in [-0.4, -0.2) is 29.1 Å². The molecule has 0 aromatic heterocycles. The van der Waals surface area contributed by atoms with Crippen LogP contribution in [0.15, 0.2) is 91.0 Å². The molecule has 4 rings (SSSR count). The first kappa shape index (κ1) is 24.7. The van der Waals surface area contributed by atoms with Gasteiger partial charge < -0.3 is 9.84 Å². The van der Waals surface area contributed by atoms with E-state index in [1.165, 1.54) is 24.0 Å². The highest BCUT2D eigenvalue weighted by molar-refractivity contribution is 5.68. The number of nitrogens with zero attached hydrogens (tertiary/aromatic N) is 1. The highest BCUT2D eigenvalue weighted by Crippen LogP contribution is 2.28. The molecule has 0 saturated carbocycles. The Morgan fingerprint density at radius 3 is 2.26 bits per heavy atom. The van der Waals surface area contributed by atoms with Crippen molar-refractivity contribution < 1.29 is 14.6 Å². The maximum Gasteiger partial charge on any atom is 0.304 e. The monoisotopic (exact) mass is 469 g/mol. The minimum Gasteiger partial charge on any atom is -0.489 e. The topological polar surface area (TPSA) is 49.8 Å². The van der Waals surface area contributed by atoms with E-state index in [0.29, 0.717) is 12.5 Å². The molecule has 1 saturated heterocycles. The van der Waals surface area contributed by atoms with Gasteiger partial charge in [0.1, 0.15) is 12.4 Å². The number of rotatable bonds is 10. The maximum absolute atomic E-state index is 11.1. The molecular weight excluding hydrogens is 434 g/mol. The van der Waals surface area contributed by atoms with Crippen molar-refractivity contribution in [3.05, 3.63) is 113 Å². The van der Waals surface area contributed by atoms with Gasteiger partial charge in [0.2, 0.25) is 0 Å². The molecule has 1 fully saturated rings. The third kappa shape index (κ3) is 7.30. The summed E-state index contributed by atoms with van der Waals surface area (Å²) in [5, 5.41) is 9.14. The lowest BCUT2D eigenvalue weighted by Crippen LogP contribution is -2.32. The van der Waals surface area contributed by atoms with E-state index in [4.69, 9.17) is 9.84 Å². The predicted octanol–water partition coefficient (Wildman–Crippen LogP) is 6.78. The van der Waals surface area contributed by atoms with Crippen LogP contribution in [0.2, 0.25) is 0 Å². The average molecular weight is 470 g/mol. The third-order valence-electron chi connectivity index (χ3n) is 6.82. The molecule has 4 nitrogen and oxygen atoms in total.